The van der Waals surface area contributed by atoms with Crippen LogP contribution in [0.1, 0.15) is 187 Å². The zero-order chi connectivity index (χ0) is 37.4. The topological polar surface area (TPSA) is 117 Å². The molecule has 0 aliphatic carbocycles. The molecule has 0 heterocycles. The summed E-state index contributed by atoms with van der Waals surface area (Å²) >= 11 is 0. The largest absolute Gasteiger partial charge is 0.472 e. The van der Waals surface area contributed by atoms with Gasteiger partial charge in [-0.2, -0.15) is 0 Å². The maximum atomic E-state index is 12.5. The predicted molar refractivity (Wildman–Crippen MR) is 215 cm³/mol. The van der Waals surface area contributed by atoms with Gasteiger partial charge in [0, 0.05) is 19.6 Å². The lowest BCUT2D eigenvalue weighted by Crippen LogP contribution is -2.28. The molecule has 300 valence electrons. The second-order valence-corrected chi connectivity index (χ2v) is 15.3. The van der Waals surface area contributed by atoms with E-state index in [2.05, 4.69) is 50.3 Å². The number of carbonyl (C=O) groups is 1. The predicted octanol–water partition coefficient (Wildman–Crippen LogP) is 12.2. The molecule has 2 atom stereocenters. The molecule has 0 aromatic heterocycles. The molecule has 8 nitrogen and oxygen atoms in total. The van der Waals surface area contributed by atoms with Gasteiger partial charge in [-0.3, -0.25) is 13.8 Å². The highest BCUT2D eigenvalue weighted by Crippen LogP contribution is 2.43. The van der Waals surface area contributed by atoms with Gasteiger partial charge in [0.25, 0.3) is 0 Å². The van der Waals surface area contributed by atoms with Crippen molar-refractivity contribution in [1.29, 1.82) is 0 Å². The van der Waals surface area contributed by atoms with Crippen molar-refractivity contribution in [3.63, 3.8) is 0 Å². The summed E-state index contributed by atoms with van der Waals surface area (Å²) in [6.07, 6.45) is 44.6. The first-order chi connectivity index (χ1) is 24.9. The van der Waals surface area contributed by atoms with Crippen molar-refractivity contribution >= 4 is 13.8 Å². The molecular weight excluding hydrogens is 661 g/mol. The van der Waals surface area contributed by atoms with Gasteiger partial charge in [-0.15, -0.1) is 0 Å². The molecule has 0 radical (unpaired) electrons. The molecule has 0 bridgehead atoms. The van der Waals surface area contributed by atoms with Gasteiger partial charge in [-0.25, -0.2) is 4.57 Å². The van der Waals surface area contributed by atoms with Crippen LogP contribution in [0.3, 0.4) is 0 Å². The van der Waals surface area contributed by atoms with Gasteiger partial charge in [-0.1, -0.05) is 153 Å². The average molecular weight is 742 g/mol. The van der Waals surface area contributed by atoms with Gasteiger partial charge in [0.1, 0.15) is 6.10 Å². The fourth-order valence-electron chi connectivity index (χ4n) is 5.68. The first-order valence-electron chi connectivity index (χ1n) is 21.0. The summed E-state index contributed by atoms with van der Waals surface area (Å²) in [5.41, 5.74) is 5.35. The van der Waals surface area contributed by atoms with Gasteiger partial charge in [0.2, 0.25) is 0 Å². The van der Waals surface area contributed by atoms with Crippen molar-refractivity contribution in [2.75, 3.05) is 33.0 Å². The van der Waals surface area contributed by atoms with Crippen LogP contribution >= 0.6 is 7.82 Å². The Morgan fingerprint density at radius 2 is 1.08 bits per heavy atom. The van der Waals surface area contributed by atoms with E-state index in [0.29, 0.717) is 13.0 Å². The Morgan fingerprint density at radius 1 is 0.588 bits per heavy atom. The fourth-order valence-corrected chi connectivity index (χ4v) is 6.44. The third-order valence-corrected chi connectivity index (χ3v) is 9.74. The average Bonchev–Trinajstić information content (AvgIpc) is 3.12. The molecule has 0 aromatic rings. The lowest BCUT2D eigenvalue weighted by Gasteiger charge is -2.20. The zero-order valence-corrected chi connectivity index (χ0v) is 34.0. The van der Waals surface area contributed by atoms with E-state index in [1.165, 1.54) is 109 Å². The van der Waals surface area contributed by atoms with Crippen molar-refractivity contribution in [2.24, 2.45) is 5.73 Å². The minimum Gasteiger partial charge on any atom is -0.457 e. The fraction of sp³-hybridized carbons (Fsp3) is 0.833. The third kappa shape index (κ3) is 39.8. The number of esters is 1. The Hall–Kier alpha value is -1.28. The van der Waals surface area contributed by atoms with E-state index in [1.54, 1.807) is 0 Å². The lowest BCUT2D eigenvalue weighted by molar-refractivity contribution is -0.154. The maximum Gasteiger partial charge on any atom is 0.472 e. The molecule has 0 fully saturated rings. The molecule has 0 rings (SSSR count). The number of phosphoric acid groups is 1. The highest BCUT2D eigenvalue weighted by atomic mass is 31.2. The Labute approximate surface area is 314 Å². The number of hydrogen-bond acceptors (Lipinski definition) is 7. The van der Waals surface area contributed by atoms with Gasteiger partial charge in [0.15, 0.2) is 0 Å². The van der Waals surface area contributed by atoms with E-state index in [-0.39, 0.29) is 32.3 Å². The number of carbonyl (C=O) groups excluding carboxylic acids is 1. The summed E-state index contributed by atoms with van der Waals surface area (Å²) in [7, 11) is -4.27. The molecule has 0 amide bonds. The van der Waals surface area contributed by atoms with Gasteiger partial charge in [0.05, 0.1) is 19.8 Å². The van der Waals surface area contributed by atoms with Crippen molar-refractivity contribution < 1.29 is 32.8 Å². The number of allylic oxidation sites excluding steroid dienone is 6. The SMILES string of the molecule is CCC/C=C\CCCCCCCC(=O)OC(COCCCCCCCCCCCC/C=C\C/C=C\CCCCCCC)COP(=O)(O)OCCN. The van der Waals surface area contributed by atoms with Crippen molar-refractivity contribution in [3.05, 3.63) is 36.5 Å². The Morgan fingerprint density at radius 3 is 1.63 bits per heavy atom. The van der Waals surface area contributed by atoms with Gasteiger partial charge >= 0.3 is 13.8 Å². The minimum absolute atomic E-state index is 0.0978. The highest BCUT2D eigenvalue weighted by Gasteiger charge is 2.25. The summed E-state index contributed by atoms with van der Waals surface area (Å²) in [5, 5.41) is 0. The monoisotopic (exact) mass is 742 g/mol. The standard InChI is InChI=1S/C42H80NO7P/c1-3-5-7-9-11-13-15-16-17-18-19-20-21-22-23-24-25-26-28-30-32-34-37-47-39-41(40-49-51(45,46)48-38-36-43)50-42(44)35-33-31-29-27-14-12-10-8-6-4-2/h8,10,15-16,18-19,41H,3-7,9,11-14,17,20-40,43H2,1-2H3,(H,45,46)/b10-8-,16-15-,19-18-. The molecule has 0 spiro atoms. The summed E-state index contributed by atoms with van der Waals surface area (Å²) in [4.78, 5) is 22.4. The highest BCUT2D eigenvalue weighted by molar-refractivity contribution is 7.47. The minimum atomic E-state index is -4.27. The second-order valence-electron chi connectivity index (χ2n) is 13.8. The number of phosphoric ester groups is 1. The maximum absolute atomic E-state index is 12.5. The Balaban J connectivity index is 3.95. The van der Waals surface area contributed by atoms with Crippen molar-refractivity contribution in [2.45, 2.75) is 193 Å². The molecule has 0 saturated carbocycles. The third-order valence-electron chi connectivity index (χ3n) is 8.76. The molecule has 2 unspecified atom stereocenters. The van der Waals surface area contributed by atoms with E-state index >= 15 is 0 Å². The van der Waals surface area contributed by atoms with E-state index < -0.39 is 13.9 Å². The van der Waals surface area contributed by atoms with E-state index in [1.807, 2.05) is 0 Å². The lowest BCUT2D eigenvalue weighted by atomic mass is 10.1. The molecule has 51 heavy (non-hydrogen) atoms. The quantitative estimate of drug-likeness (QED) is 0.0276. The molecule has 0 saturated heterocycles. The molecule has 0 aliphatic heterocycles. The van der Waals surface area contributed by atoms with Crippen LogP contribution in [0.4, 0.5) is 0 Å². The van der Waals surface area contributed by atoms with Crippen molar-refractivity contribution in [3.8, 4) is 0 Å². The van der Waals surface area contributed by atoms with E-state index in [0.717, 1.165) is 57.8 Å². The zero-order valence-electron chi connectivity index (χ0n) is 33.1. The number of unbranched alkanes of at least 4 members (excludes halogenated alkanes) is 21. The first kappa shape index (κ1) is 49.7. The molecule has 0 aromatic carbocycles. The normalized spacial score (nSPS) is 13.9. The summed E-state index contributed by atoms with van der Waals surface area (Å²) in [5.74, 6) is -0.343. The summed E-state index contributed by atoms with van der Waals surface area (Å²) in [6.45, 7) is 4.83. The van der Waals surface area contributed by atoms with Crippen molar-refractivity contribution in [1.82, 2.24) is 0 Å². The van der Waals surface area contributed by atoms with Crippen LogP contribution in [-0.2, 0) is 27.9 Å². The molecule has 9 heteroatoms. The first-order valence-corrected chi connectivity index (χ1v) is 22.5. The van der Waals surface area contributed by atoms with Crippen LogP contribution in [0, 0.1) is 0 Å². The van der Waals surface area contributed by atoms with Crippen LogP contribution in [0.2, 0.25) is 0 Å². The summed E-state index contributed by atoms with van der Waals surface area (Å²) in [6, 6.07) is 0. The number of ether oxygens (including phenoxy) is 2. The van der Waals surface area contributed by atoms with Crippen LogP contribution in [0.15, 0.2) is 36.5 Å². The Bertz CT molecular complexity index is 879. The van der Waals surface area contributed by atoms with Crippen LogP contribution in [-0.4, -0.2) is 49.9 Å². The molecule has 0 aliphatic rings. The van der Waals surface area contributed by atoms with Crippen LogP contribution in [0.25, 0.3) is 0 Å². The molecular formula is C42H80NO7P. The van der Waals surface area contributed by atoms with Gasteiger partial charge in [-0.05, 0) is 64.2 Å². The van der Waals surface area contributed by atoms with Gasteiger partial charge < -0.3 is 20.1 Å². The summed E-state index contributed by atoms with van der Waals surface area (Å²) < 4.78 is 33.3. The number of nitrogens with two attached hydrogens (primary N) is 1. The smallest absolute Gasteiger partial charge is 0.457 e. The van der Waals surface area contributed by atoms with Crippen LogP contribution < -0.4 is 5.73 Å². The van der Waals surface area contributed by atoms with Crippen LogP contribution in [0.5, 0.6) is 0 Å². The molecule has 3 N–H and O–H groups in total. The second kappa shape index (κ2) is 39.9. The van der Waals surface area contributed by atoms with E-state index in [4.69, 9.17) is 24.3 Å². The number of rotatable bonds is 40. The van der Waals surface area contributed by atoms with E-state index in [9.17, 15) is 14.3 Å². The number of hydrogen-bond donors (Lipinski definition) is 2. The Kier molecular flexibility index (Phi) is 38.9.